The van der Waals surface area contributed by atoms with Gasteiger partial charge >= 0.3 is 0 Å². The van der Waals surface area contributed by atoms with Crippen LogP contribution in [0.1, 0.15) is 35.3 Å². The van der Waals surface area contributed by atoms with Crippen LogP contribution in [0.5, 0.6) is 0 Å². The molecule has 1 N–H and O–H groups in total. The van der Waals surface area contributed by atoms with Crippen molar-refractivity contribution in [3.8, 4) is 0 Å². The number of amides is 1. The third-order valence-corrected chi connectivity index (χ3v) is 5.73. The fourth-order valence-electron chi connectivity index (χ4n) is 3.93. The lowest BCUT2D eigenvalue weighted by molar-refractivity contribution is -0.120. The molecule has 0 saturated heterocycles. The smallest absolute Gasteiger partial charge is 0.224 e. The molecule has 0 atom stereocenters. The number of nitrogens with one attached hydrogen (secondary N) is 1. The van der Waals surface area contributed by atoms with Gasteiger partial charge in [0.05, 0.1) is 13.0 Å². The number of aromatic nitrogens is 3. The highest BCUT2D eigenvalue weighted by molar-refractivity contribution is 5.78. The van der Waals surface area contributed by atoms with Gasteiger partial charge in [0.25, 0.3) is 0 Å². The normalized spacial score (nSPS) is 14.1. The minimum atomic E-state index is -0.334. The van der Waals surface area contributed by atoms with E-state index in [0.29, 0.717) is 12.1 Å². The van der Waals surface area contributed by atoms with E-state index >= 15 is 0 Å². The zero-order chi connectivity index (χ0) is 21.6. The maximum atomic E-state index is 13.3. The molecule has 0 fully saturated rings. The van der Waals surface area contributed by atoms with Gasteiger partial charge in [-0.3, -0.25) is 9.69 Å². The van der Waals surface area contributed by atoms with Gasteiger partial charge in [0.1, 0.15) is 11.6 Å². The maximum Gasteiger partial charge on any atom is 0.224 e. The van der Waals surface area contributed by atoms with Crippen LogP contribution in [0.2, 0.25) is 0 Å². The summed E-state index contributed by atoms with van der Waals surface area (Å²) in [5.74, 6) is 1.22. The molecule has 0 radical (unpaired) electrons. The first-order valence-electron chi connectivity index (χ1n) is 10.8. The molecule has 1 aliphatic heterocycles. The lowest BCUT2D eigenvalue weighted by atomic mass is 10.1. The van der Waals surface area contributed by atoms with Gasteiger partial charge in [0, 0.05) is 32.6 Å². The van der Waals surface area contributed by atoms with Crippen LogP contribution in [-0.4, -0.2) is 38.7 Å². The number of fused-ring (bicyclic) bond motifs is 1. The maximum absolute atomic E-state index is 13.3. The Morgan fingerprint density at radius 1 is 1.03 bits per heavy atom. The van der Waals surface area contributed by atoms with Gasteiger partial charge < -0.3 is 9.88 Å². The number of carbonyl (C=O) groups excluding carboxylic acids is 1. The summed E-state index contributed by atoms with van der Waals surface area (Å²) in [6.45, 7) is 6.04. The molecule has 7 heteroatoms. The van der Waals surface area contributed by atoms with E-state index in [0.717, 1.165) is 50.7 Å². The van der Waals surface area contributed by atoms with E-state index in [1.165, 1.54) is 23.3 Å². The van der Waals surface area contributed by atoms with Crippen LogP contribution in [0.25, 0.3) is 0 Å². The zero-order valence-corrected chi connectivity index (χ0v) is 17.9. The Bertz CT molecular complexity index is 1030. The lowest BCUT2D eigenvalue weighted by Crippen LogP contribution is -2.28. The summed E-state index contributed by atoms with van der Waals surface area (Å²) in [4.78, 5) is 14.7. The fraction of sp³-hybridized carbons (Fsp3) is 0.375. The van der Waals surface area contributed by atoms with Gasteiger partial charge in [-0.05, 0) is 35.2 Å². The van der Waals surface area contributed by atoms with E-state index in [-0.39, 0.29) is 18.1 Å². The Labute approximate surface area is 182 Å². The summed E-state index contributed by atoms with van der Waals surface area (Å²) in [5.41, 5.74) is 3.33. The number of benzene rings is 2. The van der Waals surface area contributed by atoms with Crippen LogP contribution in [0.4, 0.5) is 4.39 Å². The Morgan fingerprint density at radius 3 is 2.61 bits per heavy atom. The fourth-order valence-corrected chi connectivity index (χ4v) is 3.93. The number of aryl methyl sites for hydroxylation is 1. The molecule has 0 aliphatic carbocycles. The average Bonchev–Trinajstić information content (AvgIpc) is 3.05. The molecule has 31 heavy (non-hydrogen) atoms. The van der Waals surface area contributed by atoms with Crippen LogP contribution < -0.4 is 5.32 Å². The van der Waals surface area contributed by atoms with Crippen molar-refractivity contribution in [2.24, 2.45) is 0 Å². The Morgan fingerprint density at radius 2 is 1.84 bits per heavy atom. The first-order chi connectivity index (χ1) is 15.1. The number of carbonyl (C=O) groups is 1. The summed E-state index contributed by atoms with van der Waals surface area (Å²) in [6.07, 6.45) is 2.03. The number of halogens is 1. The van der Waals surface area contributed by atoms with E-state index in [9.17, 15) is 9.18 Å². The minimum Gasteiger partial charge on any atom is -0.349 e. The van der Waals surface area contributed by atoms with Gasteiger partial charge in [-0.1, -0.05) is 43.3 Å². The average molecular weight is 422 g/mol. The Kier molecular flexibility index (Phi) is 6.72. The van der Waals surface area contributed by atoms with Crippen molar-refractivity contribution < 1.29 is 9.18 Å². The van der Waals surface area contributed by atoms with Crippen LogP contribution in [-0.2, 0) is 43.7 Å². The quantitative estimate of drug-likeness (QED) is 0.637. The van der Waals surface area contributed by atoms with Crippen molar-refractivity contribution in [1.82, 2.24) is 25.0 Å². The third kappa shape index (κ3) is 5.55. The van der Waals surface area contributed by atoms with Crippen molar-refractivity contribution in [1.29, 1.82) is 0 Å². The summed E-state index contributed by atoms with van der Waals surface area (Å²) in [5, 5.41) is 11.5. The molecular formula is C24H28FN5O. The van der Waals surface area contributed by atoms with E-state index in [2.05, 4.69) is 56.2 Å². The van der Waals surface area contributed by atoms with Crippen LogP contribution >= 0.6 is 0 Å². The van der Waals surface area contributed by atoms with E-state index in [1.54, 1.807) is 12.1 Å². The molecule has 1 amide bonds. The first-order valence-corrected chi connectivity index (χ1v) is 10.8. The molecule has 3 aromatic rings. The number of nitrogens with zero attached hydrogens (tertiary/aromatic N) is 4. The minimum absolute atomic E-state index is 0.142. The third-order valence-electron chi connectivity index (χ3n) is 5.73. The highest BCUT2D eigenvalue weighted by Gasteiger charge is 2.19. The molecule has 162 valence electrons. The van der Waals surface area contributed by atoms with Gasteiger partial charge in [-0.25, -0.2) is 4.39 Å². The molecular weight excluding hydrogens is 393 g/mol. The topological polar surface area (TPSA) is 63.1 Å². The van der Waals surface area contributed by atoms with Gasteiger partial charge in [-0.15, -0.1) is 10.2 Å². The van der Waals surface area contributed by atoms with E-state index in [4.69, 9.17) is 0 Å². The molecule has 0 spiro atoms. The summed E-state index contributed by atoms with van der Waals surface area (Å²) in [7, 11) is 0. The molecule has 0 bridgehead atoms. The Hall–Kier alpha value is -3.06. The second-order valence-corrected chi connectivity index (χ2v) is 7.96. The molecule has 0 unspecified atom stereocenters. The highest BCUT2D eigenvalue weighted by atomic mass is 19.1. The van der Waals surface area contributed by atoms with Crippen LogP contribution in [0, 0.1) is 5.82 Å². The molecule has 1 aromatic heterocycles. The second-order valence-electron chi connectivity index (χ2n) is 7.96. The SMILES string of the molecule is CCc1ccc(CN2CCc3nnc(CNC(=O)Cc4cccc(F)c4)n3CC2)cc1. The highest BCUT2D eigenvalue weighted by Crippen LogP contribution is 2.14. The molecule has 2 heterocycles. The molecule has 4 rings (SSSR count). The van der Waals surface area contributed by atoms with E-state index in [1.807, 2.05) is 0 Å². The monoisotopic (exact) mass is 421 g/mol. The molecule has 6 nitrogen and oxygen atoms in total. The molecule has 0 saturated carbocycles. The van der Waals surface area contributed by atoms with Crippen molar-refractivity contribution in [3.63, 3.8) is 0 Å². The van der Waals surface area contributed by atoms with Crippen molar-refractivity contribution in [2.75, 3.05) is 13.1 Å². The van der Waals surface area contributed by atoms with Crippen molar-refractivity contribution in [3.05, 3.63) is 82.7 Å². The largest absolute Gasteiger partial charge is 0.349 e. The van der Waals surface area contributed by atoms with Crippen molar-refractivity contribution >= 4 is 5.91 Å². The standard InChI is InChI=1S/C24H28FN5O/c1-2-18-6-8-19(9-7-18)17-29-11-10-22-27-28-23(30(22)13-12-29)16-26-24(31)15-20-4-3-5-21(25)14-20/h3-9,14H,2,10-13,15-17H2,1H3,(H,26,31). The molecule has 2 aromatic carbocycles. The predicted molar refractivity (Wildman–Crippen MR) is 117 cm³/mol. The summed E-state index contributed by atoms with van der Waals surface area (Å²) >= 11 is 0. The van der Waals surface area contributed by atoms with Gasteiger partial charge in [-0.2, -0.15) is 0 Å². The molecule has 1 aliphatic rings. The summed E-state index contributed by atoms with van der Waals surface area (Å²) < 4.78 is 15.4. The first kappa shape index (κ1) is 21.2. The number of rotatable bonds is 7. The van der Waals surface area contributed by atoms with Gasteiger partial charge in [0.15, 0.2) is 5.82 Å². The van der Waals surface area contributed by atoms with E-state index < -0.39 is 0 Å². The second kappa shape index (κ2) is 9.83. The predicted octanol–water partition coefficient (Wildman–Crippen LogP) is 2.90. The van der Waals surface area contributed by atoms with Gasteiger partial charge in [0.2, 0.25) is 5.91 Å². The number of hydrogen-bond acceptors (Lipinski definition) is 4. The van der Waals surface area contributed by atoms with Crippen molar-refractivity contribution in [2.45, 2.75) is 45.8 Å². The van der Waals surface area contributed by atoms with Crippen LogP contribution in [0.15, 0.2) is 48.5 Å². The zero-order valence-electron chi connectivity index (χ0n) is 17.9. The number of hydrogen-bond donors (Lipinski definition) is 1. The van der Waals surface area contributed by atoms with Crippen LogP contribution in [0.3, 0.4) is 0 Å². The Balaban J connectivity index is 1.31. The summed E-state index contributed by atoms with van der Waals surface area (Å²) in [6, 6.07) is 14.9. The lowest BCUT2D eigenvalue weighted by Gasteiger charge is -2.19.